The molecule has 137 heavy (non-hydrogen) atoms. The van der Waals surface area contributed by atoms with Crippen molar-refractivity contribution in [2.24, 2.45) is 0 Å². The molecule has 0 radical (unpaired) electrons. The van der Waals surface area contributed by atoms with E-state index in [-0.39, 0.29) is 12.8 Å². The van der Waals surface area contributed by atoms with E-state index in [2.05, 4.69) is 6.92 Å². The summed E-state index contributed by atoms with van der Waals surface area (Å²) in [5.74, 6) is 0. The van der Waals surface area contributed by atoms with Crippen LogP contribution in [0.15, 0.2) is 0 Å². The highest BCUT2D eigenvalue weighted by Crippen LogP contribution is 2.61. The van der Waals surface area contributed by atoms with E-state index in [1.807, 2.05) is 0 Å². The minimum absolute atomic E-state index is 0.100. The second-order valence-corrected chi connectivity index (χ2v) is 366. The van der Waals surface area contributed by atoms with Crippen LogP contribution in [0.1, 0.15) is 71.1 Å². The van der Waals surface area contributed by atoms with Crippen molar-refractivity contribution in [1.82, 2.24) is 0 Å². The van der Waals surface area contributed by atoms with Crippen LogP contribution in [0.3, 0.4) is 0 Å². The first kappa shape index (κ1) is 147. The van der Waals surface area contributed by atoms with Gasteiger partial charge in [0.05, 0.1) is 9.76 Å². The highest BCUT2D eigenvalue weighted by molar-refractivity contribution is 8.35. The Morgan fingerprint density at radius 1 is 0.263 bits per heavy atom. The van der Waals surface area contributed by atoms with Crippen molar-refractivity contribution in [3.05, 3.63) is 0 Å². The van der Waals surface area contributed by atoms with Crippen molar-refractivity contribution in [1.29, 1.82) is 0 Å². The Hall–Kier alpha value is 10.3. The zero-order chi connectivity index (χ0) is 106. The highest BCUT2D eigenvalue weighted by Gasteiger charge is 3.08. The summed E-state index contributed by atoms with van der Waals surface area (Å²) in [7, 11) is -210. The predicted molar refractivity (Wildman–Crippen MR) is 651 cm³/mol. The standard InChI is InChI=1S/C22H162O57Si58/c1-12-13-14-15-16-17-18-19-20-21-22-118(10,58)73-133(112-54,113-55)136(74-119(11,80)59-2,130(106-48,107-49)67-88-30)135(78-123(97-39,62-83-25)115(4)57,137(131(108-50,109-51)68-89-31,132(110-52,111-53)69-90-32)77-121(93-35,94-36)61-82-24)125(72-117(8,9)71-116(5,6)7,134(128(102-44,103-45)65-86-28,129(104-46,105-47)66-87-29)76-120(91-33,92-34)60-81-23)79-124(126(98-40,99-41)63-84-26,127(100-42,101-43)64-85-27)75-122(95-37,96-38)70-114(3)56/h23-58,114-115H,12-22,81-113H2,1-11,80H3. The van der Waals surface area contributed by atoms with Crippen molar-refractivity contribution >= 4 is 503 Å². The van der Waals surface area contributed by atoms with E-state index in [0.717, 1.165) is 78.4 Å². The van der Waals surface area contributed by atoms with Crippen LogP contribution in [0.4, 0.5) is 0 Å². The zero-order valence-electron chi connectivity index (χ0n) is 79.9. The summed E-state index contributed by atoms with van der Waals surface area (Å²) < 4.78 is 162. The molecular weight excluding hydrogens is 2810 g/mol. The number of rotatable bonds is 88. The molecule has 0 saturated heterocycles. The molecule has 0 fully saturated rings. The summed E-state index contributed by atoms with van der Waals surface area (Å²) in [4.78, 5) is 496. The lowest BCUT2D eigenvalue weighted by Gasteiger charge is -2.77. The molecular formula is C22H162O57Si58. The molecule has 0 aromatic rings. The van der Waals surface area contributed by atoms with Gasteiger partial charge in [-0.15, -0.1) is 0 Å². The molecule has 0 aromatic carbocycles. The molecule has 0 aliphatic carbocycles. The van der Waals surface area contributed by atoms with Gasteiger partial charge in [0.25, 0.3) is 136 Å². The van der Waals surface area contributed by atoms with Crippen LogP contribution in [0.2, 0.25) is 65.0 Å². The van der Waals surface area contributed by atoms with Gasteiger partial charge in [-0.2, -0.15) is 0 Å². The van der Waals surface area contributed by atoms with Gasteiger partial charge in [0.15, 0.2) is 157 Å². The van der Waals surface area contributed by atoms with Crippen molar-refractivity contribution in [3.8, 4) is 0 Å². The second-order valence-electron chi connectivity index (χ2n) is 34.4. The third kappa shape index (κ3) is 32.0. The van der Waals surface area contributed by atoms with Gasteiger partial charge in [-0.1, -0.05) is 71.1 Å². The van der Waals surface area contributed by atoms with E-state index in [4.69, 9.17) is 74.4 Å². The molecule has 0 aliphatic heterocycles. The molecule has 824 valence electrons. The molecule has 8 unspecified atom stereocenters. The maximum atomic E-state index is 15.0. The summed E-state index contributed by atoms with van der Waals surface area (Å²) in [5.41, 5.74) is 0. The SMILES string of the molecule is CCCCCCCCCCCC[Si](C)(O)O[Si]([SiH2]O)([SiH2]O)[Si](O[Si](C)([SiH3])OC)([Si](O[SiH2]O)([SiH2]O)[SiH2]O)[Si](O[Si](O[SiH2]O)([SiH2]O)[SiH](C)O)([Si](O[Si](C)(C)O[Si](C)(C)C)(O[Si](O[Si](O[SiH](C)O)([SiH2]O)[SiH2]O)([Si](O[SiH2]O)([SiH2]O)[SiH2]O)[Si](O[SiH2]O)([SiH2]O)[SiH2]O)[Si](O[Si](O[SiH2]O)([SiH2]O)[SiH2]O)([Si](O[SiH2]O)([SiH2]O)[SiH2]O)[Si](O[SiH2]O)([SiH2]O)[SiH2]O)[Si](O[Si](O[SiH2]O)([SiH2]O)[SiH2]O)([Si](O[SiH2]O)([SiH2]O)[SiH2]O)[Si](O[SiH2]O)([SiH2]O)[SiH2]O. The quantitative estimate of drug-likeness (QED) is 0.0199. The molecule has 0 rings (SSSR count). The monoisotopic (exact) mass is 2960 g/mol. The first-order valence-electron chi connectivity index (χ1n) is 43.5. The van der Waals surface area contributed by atoms with E-state index in [1.54, 1.807) is 0 Å². The van der Waals surface area contributed by atoms with Gasteiger partial charge in [0.2, 0.25) is 128 Å². The van der Waals surface area contributed by atoms with E-state index in [0.29, 0.717) is 12.8 Å². The van der Waals surface area contributed by atoms with Crippen LogP contribution in [-0.4, -0.2) is 682 Å². The minimum Gasteiger partial charge on any atom is -0.442 e. The molecule has 0 spiro atoms. The molecule has 0 aromatic heterocycles. The number of hydrogen-bond acceptors (Lipinski definition) is 57. The van der Waals surface area contributed by atoms with Crippen molar-refractivity contribution in [2.45, 2.75) is 136 Å². The first-order valence-corrected chi connectivity index (χ1v) is 190. The Morgan fingerprint density at radius 2 is 0.547 bits per heavy atom. The fourth-order valence-corrected chi connectivity index (χ4v) is 1200. The number of hydrogen-bond donors (Lipinski definition) is 36. The molecule has 0 aliphatic rings. The van der Waals surface area contributed by atoms with Crippen LogP contribution in [0.5, 0.6) is 0 Å². The van der Waals surface area contributed by atoms with Gasteiger partial charge in [-0.25, -0.2) is 0 Å². The third-order valence-corrected chi connectivity index (χ3v) is 635. The summed E-state index contributed by atoms with van der Waals surface area (Å²) in [6.45, 7) is -76.8. The average molecular weight is 2970 g/mol. The molecule has 0 bridgehead atoms. The fourth-order valence-electron chi connectivity index (χ4n) is 17.7. The van der Waals surface area contributed by atoms with Crippen LogP contribution in [0.25, 0.3) is 0 Å². The van der Waals surface area contributed by atoms with Crippen molar-refractivity contribution in [3.63, 3.8) is 0 Å². The lowest BCUT2D eigenvalue weighted by molar-refractivity contribution is 0.288. The van der Waals surface area contributed by atoms with Crippen LogP contribution in [0, 0.1) is 0 Å². The summed E-state index contributed by atoms with van der Waals surface area (Å²) >= 11 is 0. The largest absolute Gasteiger partial charge is 0.442 e. The first-order chi connectivity index (χ1) is 64.3. The Bertz CT molecular complexity index is 3120. The maximum Gasteiger partial charge on any atom is 0.338 e. The van der Waals surface area contributed by atoms with Crippen molar-refractivity contribution < 1.29 is 259 Å². The molecule has 115 heteroatoms. The molecule has 8 atom stereocenters. The van der Waals surface area contributed by atoms with Crippen molar-refractivity contribution in [2.75, 3.05) is 7.11 Å². The normalized spacial score (nSPS) is 25.2. The topological polar surface area (TPSA) is 922 Å². The third-order valence-electron chi connectivity index (χ3n) is 24.0. The van der Waals surface area contributed by atoms with E-state index < -0.39 is 509 Å². The van der Waals surface area contributed by atoms with E-state index in [9.17, 15) is 175 Å². The van der Waals surface area contributed by atoms with E-state index >= 15 is 9.59 Å². The fraction of sp³-hybridized carbons (Fsp3) is 1.00. The number of unbranched alkanes of at least 4 members (excludes halogenated alkanes) is 9. The maximum absolute atomic E-state index is 15.0. The van der Waals surface area contributed by atoms with Gasteiger partial charge in [0, 0.05) is 7.11 Å². The van der Waals surface area contributed by atoms with Gasteiger partial charge >= 0.3 is 72.0 Å². The zero-order valence-corrected chi connectivity index (χ0v) is 153. The Morgan fingerprint density at radius 3 is 0.810 bits per heavy atom. The molecule has 0 saturated carbocycles. The van der Waals surface area contributed by atoms with Gasteiger partial charge in [0.1, 0.15) is 0 Å². The molecule has 0 heterocycles. The second kappa shape index (κ2) is 67.9. The predicted octanol–water partition coefficient (Wildman–Crippen LogP) is -52.3. The van der Waals surface area contributed by atoms with Gasteiger partial charge in [-0.3, -0.25) is 0 Å². The molecule has 36 N–H and O–H groups in total. The van der Waals surface area contributed by atoms with Gasteiger partial charge in [-0.05, 0) is 65.0 Å². The molecule has 0 amide bonds. The lowest BCUT2D eigenvalue weighted by atomic mass is 10.1. The Balaban J connectivity index is 18.0. The molecule has 57 nitrogen and oxygen atoms in total. The van der Waals surface area contributed by atoms with E-state index in [1.165, 1.54) is 26.2 Å². The van der Waals surface area contributed by atoms with Crippen LogP contribution in [-0.2, 0) is 86.7 Å². The summed E-state index contributed by atoms with van der Waals surface area (Å²) in [6.07, 6.45) is 6.44. The average Bonchev–Trinajstić information content (AvgIpc) is 0.613. The summed E-state index contributed by atoms with van der Waals surface area (Å²) in [6, 6.07) is -0.586. The summed E-state index contributed by atoms with van der Waals surface area (Å²) in [5, 5.41) is 0. The Kier molecular flexibility index (Phi) is 73.0. The smallest absolute Gasteiger partial charge is 0.338 e. The lowest BCUT2D eigenvalue weighted by Crippen LogP contribution is -3.21. The van der Waals surface area contributed by atoms with Crippen LogP contribution >= 0.6 is 0 Å². The van der Waals surface area contributed by atoms with Crippen LogP contribution < -0.4 is 0 Å². The highest BCUT2D eigenvalue weighted by atomic mass is 30.6. The Labute approximate surface area is 895 Å². The van der Waals surface area contributed by atoms with Gasteiger partial charge < -0.3 is 259 Å². The minimum atomic E-state index is -9.32.